The molecular weight excluding hydrogens is 412 g/mol. The second-order valence-electron chi connectivity index (χ2n) is 8.64. The lowest BCUT2D eigenvalue weighted by atomic mass is 10.1. The van der Waals surface area contributed by atoms with Crippen molar-refractivity contribution in [2.75, 3.05) is 32.7 Å². The van der Waals surface area contributed by atoms with Crippen molar-refractivity contribution in [3.05, 3.63) is 95.6 Å². The van der Waals surface area contributed by atoms with E-state index >= 15 is 0 Å². The lowest BCUT2D eigenvalue weighted by molar-refractivity contribution is 0.0697. The number of para-hydroxylation sites is 1. The second-order valence-corrected chi connectivity index (χ2v) is 8.64. The molecule has 4 rings (SSSR count). The van der Waals surface area contributed by atoms with Gasteiger partial charge in [0.05, 0.1) is 5.56 Å². The Morgan fingerprint density at radius 1 is 0.758 bits per heavy atom. The van der Waals surface area contributed by atoms with Gasteiger partial charge in [0, 0.05) is 19.6 Å². The van der Waals surface area contributed by atoms with Gasteiger partial charge >= 0.3 is 5.97 Å². The number of aromatic carboxylic acids is 1. The highest BCUT2D eigenvalue weighted by Gasteiger charge is 2.15. The van der Waals surface area contributed by atoms with E-state index in [-0.39, 0.29) is 0 Å². The molecule has 0 atom stereocenters. The summed E-state index contributed by atoms with van der Waals surface area (Å²) in [7, 11) is 0. The van der Waals surface area contributed by atoms with E-state index in [1.54, 1.807) is 12.1 Å². The van der Waals surface area contributed by atoms with Crippen LogP contribution in [0.25, 0.3) is 0 Å². The molecule has 1 aliphatic rings. The smallest absolute Gasteiger partial charge is 0.335 e. The molecule has 172 valence electrons. The Hall–Kier alpha value is -3.15. The molecule has 1 heterocycles. The molecule has 1 saturated heterocycles. The number of hydrogen-bond donors (Lipinski definition) is 1. The topological polar surface area (TPSA) is 53.0 Å². The summed E-state index contributed by atoms with van der Waals surface area (Å²) in [5.41, 5.74) is 2.86. The summed E-state index contributed by atoms with van der Waals surface area (Å²) in [6, 6.07) is 25.6. The maximum Gasteiger partial charge on any atom is 0.335 e. The highest BCUT2D eigenvalue weighted by Crippen LogP contribution is 2.21. The normalized spacial score (nSPS) is 15.2. The maximum atomic E-state index is 11.0. The molecule has 0 aliphatic carbocycles. The summed E-state index contributed by atoms with van der Waals surface area (Å²) in [4.78, 5) is 16.1. The summed E-state index contributed by atoms with van der Waals surface area (Å²) >= 11 is 0. The van der Waals surface area contributed by atoms with Gasteiger partial charge in [0.2, 0.25) is 0 Å². The van der Waals surface area contributed by atoms with Crippen molar-refractivity contribution in [2.45, 2.75) is 25.8 Å². The van der Waals surface area contributed by atoms with E-state index in [9.17, 15) is 4.79 Å². The van der Waals surface area contributed by atoms with Crippen molar-refractivity contribution in [3.63, 3.8) is 0 Å². The van der Waals surface area contributed by atoms with Crippen LogP contribution < -0.4 is 4.74 Å². The summed E-state index contributed by atoms with van der Waals surface area (Å²) < 4.78 is 5.88. The standard InChI is InChI=1S/C28H32N2O3/c31-28(32)25-13-9-24(10-14-25)22-30-19-5-18-29(20-21-30)17-4-6-23-11-15-27(16-12-23)33-26-7-2-1-3-8-26/h1-3,7-16H,4-6,17-22H2,(H,31,32). The van der Waals surface area contributed by atoms with Gasteiger partial charge in [0.1, 0.15) is 11.5 Å². The lowest BCUT2D eigenvalue weighted by Crippen LogP contribution is -2.31. The molecule has 0 saturated carbocycles. The third kappa shape index (κ3) is 7.17. The van der Waals surface area contributed by atoms with Crippen LogP contribution in [0.3, 0.4) is 0 Å². The Balaban J connectivity index is 1.18. The molecule has 3 aromatic rings. The number of nitrogens with zero attached hydrogens (tertiary/aromatic N) is 2. The molecule has 0 radical (unpaired) electrons. The summed E-state index contributed by atoms with van der Waals surface area (Å²) in [5.74, 6) is 0.858. The third-order valence-electron chi connectivity index (χ3n) is 6.13. The minimum Gasteiger partial charge on any atom is -0.478 e. The van der Waals surface area contributed by atoms with Gasteiger partial charge in [-0.05, 0) is 86.4 Å². The van der Waals surface area contributed by atoms with Gasteiger partial charge in [-0.3, -0.25) is 4.90 Å². The molecule has 5 nitrogen and oxygen atoms in total. The zero-order chi connectivity index (χ0) is 22.9. The van der Waals surface area contributed by atoms with Crippen LogP contribution in [0.5, 0.6) is 11.5 Å². The van der Waals surface area contributed by atoms with Gasteiger partial charge in [-0.15, -0.1) is 0 Å². The van der Waals surface area contributed by atoms with Gasteiger partial charge in [-0.2, -0.15) is 0 Å². The van der Waals surface area contributed by atoms with Crippen molar-refractivity contribution in [1.82, 2.24) is 9.80 Å². The Kier molecular flexibility index (Phi) is 8.12. The Morgan fingerprint density at radius 2 is 1.39 bits per heavy atom. The van der Waals surface area contributed by atoms with Gasteiger partial charge in [0.15, 0.2) is 0 Å². The van der Waals surface area contributed by atoms with Crippen LogP contribution in [0.4, 0.5) is 0 Å². The van der Waals surface area contributed by atoms with Crippen molar-refractivity contribution in [1.29, 1.82) is 0 Å². The van der Waals surface area contributed by atoms with Gasteiger partial charge in [0.25, 0.3) is 0 Å². The first-order valence-electron chi connectivity index (χ1n) is 11.7. The molecule has 1 fully saturated rings. The average molecular weight is 445 g/mol. The Bertz CT molecular complexity index is 1000. The minimum absolute atomic E-state index is 0.346. The van der Waals surface area contributed by atoms with E-state index in [2.05, 4.69) is 34.1 Å². The molecule has 5 heteroatoms. The fourth-order valence-electron chi connectivity index (χ4n) is 4.27. The van der Waals surface area contributed by atoms with Crippen LogP contribution in [0.2, 0.25) is 0 Å². The van der Waals surface area contributed by atoms with Crippen molar-refractivity contribution >= 4 is 5.97 Å². The Morgan fingerprint density at radius 3 is 2.12 bits per heavy atom. The fraction of sp³-hybridized carbons (Fsp3) is 0.321. The van der Waals surface area contributed by atoms with Crippen molar-refractivity contribution in [2.24, 2.45) is 0 Å². The maximum absolute atomic E-state index is 11.0. The summed E-state index contributed by atoms with van der Waals surface area (Å²) in [5, 5.41) is 9.05. The van der Waals surface area contributed by atoms with E-state index in [1.807, 2.05) is 42.5 Å². The SMILES string of the molecule is O=C(O)c1ccc(CN2CCCN(CCCc3ccc(Oc4ccccc4)cc3)CC2)cc1. The zero-order valence-corrected chi connectivity index (χ0v) is 19.0. The largest absolute Gasteiger partial charge is 0.478 e. The van der Waals surface area contributed by atoms with Crippen LogP contribution in [0, 0.1) is 0 Å². The number of benzene rings is 3. The third-order valence-corrected chi connectivity index (χ3v) is 6.13. The van der Waals surface area contributed by atoms with Crippen molar-refractivity contribution < 1.29 is 14.6 Å². The first kappa shape index (κ1) is 23.0. The number of aryl methyl sites for hydroxylation is 1. The van der Waals surface area contributed by atoms with Gasteiger partial charge in [-0.1, -0.05) is 42.5 Å². The summed E-state index contributed by atoms with van der Waals surface area (Å²) in [6.07, 6.45) is 3.38. The van der Waals surface area contributed by atoms with E-state index in [0.717, 1.165) is 63.6 Å². The first-order valence-corrected chi connectivity index (χ1v) is 11.7. The van der Waals surface area contributed by atoms with Crippen LogP contribution in [-0.4, -0.2) is 53.6 Å². The fourth-order valence-corrected chi connectivity index (χ4v) is 4.27. The van der Waals surface area contributed by atoms with E-state index in [0.29, 0.717) is 5.56 Å². The molecule has 0 amide bonds. The van der Waals surface area contributed by atoms with Crippen LogP contribution in [0.15, 0.2) is 78.9 Å². The van der Waals surface area contributed by atoms with E-state index in [4.69, 9.17) is 9.84 Å². The second kappa shape index (κ2) is 11.6. The summed E-state index contributed by atoms with van der Waals surface area (Å²) in [6.45, 7) is 6.34. The zero-order valence-electron chi connectivity index (χ0n) is 19.0. The molecule has 0 bridgehead atoms. The predicted molar refractivity (Wildman–Crippen MR) is 131 cm³/mol. The van der Waals surface area contributed by atoms with Crippen molar-refractivity contribution in [3.8, 4) is 11.5 Å². The average Bonchev–Trinajstić information content (AvgIpc) is 3.06. The minimum atomic E-state index is -0.872. The quantitative estimate of drug-likeness (QED) is 0.484. The predicted octanol–water partition coefficient (Wildman–Crippen LogP) is 5.32. The molecule has 3 aromatic carbocycles. The van der Waals surface area contributed by atoms with E-state index < -0.39 is 5.97 Å². The molecule has 1 N–H and O–H groups in total. The number of hydrogen-bond acceptors (Lipinski definition) is 4. The molecule has 33 heavy (non-hydrogen) atoms. The van der Waals surface area contributed by atoms with Gasteiger partial charge in [-0.25, -0.2) is 4.79 Å². The number of rotatable bonds is 9. The molecule has 0 unspecified atom stereocenters. The molecular formula is C28H32N2O3. The molecule has 0 spiro atoms. The Labute approximate surface area is 196 Å². The van der Waals surface area contributed by atoms with Gasteiger partial charge < -0.3 is 14.7 Å². The number of carboxylic acids is 1. The number of carbonyl (C=O) groups is 1. The molecule has 0 aromatic heterocycles. The number of carboxylic acid groups (broad SMARTS) is 1. The van der Waals surface area contributed by atoms with Crippen LogP contribution in [0.1, 0.15) is 34.3 Å². The lowest BCUT2D eigenvalue weighted by Gasteiger charge is -2.22. The highest BCUT2D eigenvalue weighted by molar-refractivity contribution is 5.87. The highest BCUT2D eigenvalue weighted by atomic mass is 16.5. The first-order chi connectivity index (χ1) is 16.2. The van der Waals surface area contributed by atoms with Crippen LogP contribution in [-0.2, 0) is 13.0 Å². The van der Waals surface area contributed by atoms with E-state index in [1.165, 1.54) is 17.5 Å². The monoisotopic (exact) mass is 444 g/mol. The van der Waals surface area contributed by atoms with Crippen LogP contribution >= 0.6 is 0 Å². The molecule has 1 aliphatic heterocycles. The number of ether oxygens (including phenoxy) is 1.